The van der Waals surface area contributed by atoms with Crippen molar-refractivity contribution in [2.45, 2.75) is 33.3 Å². The van der Waals surface area contributed by atoms with E-state index in [1.54, 1.807) is 31.3 Å². The third-order valence-corrected chi connectivity index (χ3v) is 4.13. The van der Waals surface area contributed by atoms with Crippen molar-refractivity contribution in [2.24, 2.45) is 10.9 Å². The maximum atomic E-state index is 12.0. The van der Waals surface area contributed by atoms with Crippen molar-refractivity contribution in [3.63, 3.8) is 0 Å². The van der Waals surface area contributed by atoms with E-state index < -0.39 is 0 Å². The Labute approximate surface area is 161 Å². The number of ether oxygens (including phenoxy) is 1. The zero-order valence-electron chi connectivity index (χ0n) is 16.1. The Kier molecular flexibility index (Phi) is 10.7. The second-order valence-corrected chi connectivity index (χ2v) is 6.65. The molecular weight excluding hydrogens is 352 g/mol. The molecule has 0 saturated heterocycles. The first-order valence-electron chi connectivity index (χ1n) is 9.07. The van der Waals surface area contributed by atoms with E-state index in [0.717, 1.165) is 19.6 Å². The molecule has 0 saturated carbocycles. The highest BCUT2D eigenvalue weighted by atomic mass is 35.5. The monoisotopic (exact) mass is 382 g/mol. The predicted molar refractivity (Wildman–Crippen MR) is 108 cm³/mol. The lowest BCUT2D eigenvalue weighted by Crippen LogP contribution is -2.42. The highest BCUT2D eigenvalue weighted by Gasteiger charge is 2.13. The molecule has 1 atom stereocenters. The van der Waals surface area contributed by atoms with E-state index in [4.69, 9.17) is 16.3 Å². The first kappa shape index (κ1) is 22.3. The van der Waals surface area contributed by atoms with Crippen molar-refractivity contribution in [2.75, 3.05) is 33.3 Å². The second-order valence-electron chi connectivity index (χ2n) is 6.22. The van der Waals surface area contributed by atoms with E-state index in [1.807, 2.05) is 6.92 Å². The van der Waals surface area contributed by atoms with E-state index in [1.165, 1.54) is 0 Å². The number of rotatable bonds is 10. The predicted octanol–water partition coefficient (Wildman–Crippen LogP) is 2.69. The molecule has 6 nitrogen and oxygen atoms in total. The molecule has 0 aliphatic carbocycles. The lowest BCUT2D eigenvalue weighted by atomic mass is 10.0. The van der Waals surface area contributed by atoms with Crippen LogP contribution >= 0.6 is 11.6 Å². The molecule has 1 unspecified atom stereocenters. The molecule has 1 amide bonds. The molecule has 146 valence electrons. The number of guanidine groups is 1. The zero-order valence-corrected chi connectivity index (χ0v) is 16.9. The van der Waals surface area contributed by atoms with Gasteiger partial charge in [0.2, 0.25) is 0 Å². The molecule has 0 radical (unpaired) electrons. The lowest BCUT2D eigenvalue weighted by Gasteiger charge is -2.21. The van der Waals surface area contributed by atoms with Gasteiger partial charge in [0, 0.05) is 43.9 Å². The lowest BCUT2D eigenvalue weighted by molar-refractivity contribution is 0.0258. The Balaban J connectivity index is 2.25. The van der Waals surface area contributed by atoms with Crippen LogP contribution in [0.4, 0.5) is 0 Å². The fourth-order valence-electron chi connectivity index (χ4n) is 2.44. The number of halogens is 1. The van der Waals surface area contributed by atoms with E-state index >= 15 is 0 Å². The number of benzene rings is 1. The molecule has 0 fully saturated rings. The number of nitrogens with zero attached hydrogens (tertiary/aromatic N) is 1. The van der Waals surface area contributed by atoms with Crippen LogP contribution < -0.4 is 16.0 Å². The number of amides is 1. The Morgan fingerprint density at radius 3 is 2.31 bits per heavy atom. The van der Waals surface area contributed by atoms with Crippen molar-refractivity contribution in [1.82, 2.24) is 16.0 Å². The van der Waals surface area contributed by atoms with E-state index in [2.05, 4.69) is 34.8 Å². The quantitative estimate of drug-likeness (QED) is 0.330. The molecule has 3 N–H and O–H groups in total. The average molecular weight is 383 g/mol. The van der Waals surface area contributed by atoms with Crippen molar-refractivity contribution in [1.29, 1.82) is 0 Å². The highest BCUT2D eigenvalue weighted by Crippen LogP contribution is 2.10. The molecule has 0 aromatic heterocycles. The van der Waals surface area contributed by atoms with Gasteiger partial charge in [0.05, 0.1) is 6.10 Å². The van der Waals surface area contributed by atoms with Gasteiger partial charge in [-0.1, -0.05) is 25.4 Å². The summed E-state index contributed by atoms with van der Waals surface area (Å²) < 4.78 is 5.74. The first-order chi connectivity index (χ1) is 12.5. The molecule has 1 aromatic rings. The minimum atomic E-state index is -0.122. The topological polar surface area (TPSA) is 74.8 Å². The third-order valence-electron chi connectivity index (χ3n) is 3.88. The Morgan fingerprint density at radius 2 is 1.73 bits per heavy atom. The average Bonchev–Trinajstić information content (AvgIpc) is 2.63. The fourth-order valence-corrected chi connectivity index (χ4v) is 2.56. The van der Waals surface area contributed by atoms with Crippen molar-refractivity contribution in [3.8, 4) is 0 Å². The standard InChI is InChI=1S/C19H31ClN4O2/c1-5-26-17(14(2)3)10-11-23-19(21-4)24-13-12-22-18(25)15-6-8-16(20)9-7-15/h6-9,14,17H,5,10-13H2,1-4H3,(H,22,25)(H2,21,23,24). The minimum absolute atomic E-state index is 0.122. The van der Waals surface area contributed by atoms with Gasteiger partial charge in [-0.2, -0.15) is 0 Å². The number of carbonyl (C=O) groups excluding carboxylic acids is 1. The van der Waals surface area contributed by atoms with Gasteiger partial charge in [0.15, 0.2) is 5.96 Å². The van der Waals surface area contributed by atoms with Crippen LogP contribution in [0.3, 0.4) is 0 Å². The Bertz CT molecular complexity index is 561. The van der Waals surface area contributed by atoms with Gasteiger partial charge >= 0.3 is 0 Å². The molecule has 0 spiro atoms. The van der Waals surface area contributed by atoms with Crippen molar-refractivity contribution in [3.05, 3.63) is 34.9 Å². The Morgan fingerprint density at radius 1 is 1.12 bits per heavy atom. The molecule has 26 heavy (non-hydrogen) atoms. The van der Waals surface area contributed by atoms with Gasteiger partial charge in [-0.05, 0) is 43.5 Å². The molecule has 0 aliphatic rings. The highest BCUT2D eigenvalue weighted by molar-refractivity contribution is 6.30. The smallest absolute Gasteiger partial charge is 0.251 e. The maximum absolute atomic E-state index is 12.0. The van der Waals surface area contributed by atoms with Crippen LogP contribution in [0.1, 0.15) is 37.6 Å². The van der Waals surface area contributed by atoms with E-state index in [-0.39, 0.29) is 12.0 Å². The van der Waals surface area contributed by atoms with Crippen LogP contribution in [0.5, 0.6) is 0 Å². The van der Waals surface area contributed by atoms with Crippen LogP contribution in [-0.2, 0) is 4.74 Å². The van der Waals surface area contributed by atoms with Crippen molar-refractivity contribution >= 4 is 23.5 Å². The summed E-state index contributed by atoms with van der Waals surface area (Å²) in [4.78, 5) is 16.2. The van der Waals surface area contributed by atoms with Gasteiger partial charge in [-0.3, -0.25) is 9.79 Å². The summed E-state index contributed by atoms with van der Waals surface area (Å²) in [6.45, 7) is 8.92. The summed E-state index contributed by atoms with van der Waals surface area (Å²) in [7, 11) is 1.73. The second kappa shape index (κ2) is 12.5. The SMILES string of the molecule is CCOC(CCNC(=NC)NCCNC(=O)c1ccc(Cl)cc1)C(C)C. The number of nitrogens with one attached hydrogen (secondary N) is 3. The summed E-state index contributed by atoms with van der Waals surface area (Å²) in [6.07, 6.45) is 1.16. The summed E-state index contributed by atoms with van der Waals surface area (Å²) in [5.74, 6) is 1.07. The van der Waals surface area contributed by atoms with Crippen LogP contribution in [0.25, 0.3) is 0 Å². The third kappa shape index (κ3) is 8.54. The maximum Gasteiger partial charge on any atom is 0.251 e. The molecule has 7 heteroatoms. The van der Waals surface area contributed by atoms with Gasteiger partial charge < -0.3 is 20.7 Å². The summed E-state index contributed by atoms with van der Waals surface area (Å²) in [5.41, 5.74) is 0.590. The first-order valence-corrected chi connectivity index (χ1v) is 9.45. The van der Waals surface area contributed by atoms with Crippen molar-refractivity contribution < 1.29 is 9.53 Å². The van der Waals surface area contributed by atoms with Gasteiger partial charge in [-0.25, -0.2) is 0 Å². The molecule has 1 rings (SSSR count). The minimum Gasteiger partial charge on any atom is -0.378 e. The van der Waals surface area contributed by atoms with Crippen LogP contribution in [-0.4, -0.2) is 51.3 Å². The molecule has 0 heterocycles. The van der Waals surface area contributed by atoms with Crippen LogP contribution in [0.15, 0.2) is 29.3 Å². The summed E-state index contributed by atoms with van der Waals surface area (Å²) in [6, 6.07) is 6.81. The van der Waals surface area contributed by atoms with E-state index in [9.17, 15) is 4.79 Å². The summed E-state index contributed by atoms with van der Waals surface area (Å²) >= 11 is 5.82. The zero-order chi connectivity index (χ0) is 19.4. The molecule has 0 bridgehead atoms. The van der Waals surface area contributed by atoms with Crippen LogP contribution in [0, 0.1) is 5.92 Å². The normalized spacial score (nSPS) is 12.8. The Hall–Kier alpha value is -1.79. The van der Waals surface area contributed by atoms with Gasteiger partial charge in [-0.15, -0.1) is 0 Å². The fraction of sp³-hybridized carbons (Fsp3) is 0.579. The molecular formula is C19H31ClN4O2. The largest absolute Gasteiger partial charge is 0.378 e. The number of hydrogen-bond acceptors (Lipinski definition) is 3. The van der Waals surface area contributed by atoms with E-state index in [0.29, 0.717) is 35.6 Å². The number of hydrogen-bond donors (Lipinski definition) is 3. The summed E-state index contributed by atoms with van der Waals surface area (Å²) in [5, 5.41) is 9.92. The molecule has 0 aliphatic heterocycles. The number of aliphatic imine (C=N–C) groups is 1. The van der Waals surface area contributed by atoms with Gasteiger partial charge in [0.1, 0.15) is 0 Å². The van der Waals surface area contributed by atoms with Gasteiger partial charge in [0.25, 0.3) is 5.91 Å². The number of carbonyl (C=O) groups is 1. The molecule has 1 aromatic carbocycles. The van der Waals surface area contributed by atoms with Crippen LogP contribution in [0.2, 0.25) is 5.02 Å².